The fraction of sp³-hybridized carbons (Fsp3) is 0.125. The average Bonchev–Trinajstić information content (AvgIpc) is 2.63. The van der Waals surface area contributed by atoms with Crippen LogP contribution in [0, 0.1) is 29.1 Å². The van der Waals surface area contributed by atoms with Crippen molar-refractivity contribution in [3.8, 4) is 11.5 Å². The van der Waals surface area contributed by atoms with E-state index in [1.165, 1.54) is 18.2 Å². The lowest BCUT2D eigenvalue weighted by Crippen LogP contribution is -2.11. The number of halogens is 8. The molecule has 2 aromatic rings. The maximum Gasteiger partial charge on any atom is 0.313 e. The van der Waals surface area contributed by atoms with Gasteiger partial charge in [-0.05, 0) is 6.07 Å². The van der Waals surface area contributed by atoms with E-state index in [0.717, 1.165) is 7.11 Å². The minimum absolute atomic E-state index is 0.0774. The van der Waals surface area contributed by atoms with E-state index >= 15 is 0 Å². The Morgan fingerprint density at radius 2 is 1.46 bits per heavy atom. The Bertz CT molecular complexity index is 828. The summed E-state index contributed by atoms with van der Waals surface area (Å²) >= 11 is 5.65. The third kappa shape index (κ3) is 3.44. The van der Waals surface area contributed by atoms with Crippen LogP contribution < -0.4 is 9.47 Å². The lowest BCUT2D eigenvalue weighted by Gasteiger charge is -2.16. The maximum atomic E-state index is 13.9. The second kappa shape index (κ2) is 7.86. The molecule has 0 aliphatic heterocycles. The molecular weight excluding hydrogens is 393 g/mol. The first-order chi connectivity index (χ1) is 12.2. The zero-order valence-electron chi connectivity index (χ0n) is 12.8. The number of ether oxygens (including phenoxy) is 2. The summed E-state index contributed by atoms with van der Waals surface area (Å²) in [5.74, 6) is -14.9. The van der Waals surface area contributed by atoms with Crippen LogP contribution in [-0.2, 0) is 5.88 Å². The van der Waals surface area contributed by atoms with Crippen molar-refractivity contribution in [1.82, 2.24) is 0 Å². The zero-order valence-corrected chi connectivity index (χ0v) is 13.5. The molecule has 0 saturated carbocycles. The highest BCUT2D eigenvalue weighted by Crippen LogP contribution is 2.38. The molecule has 0 fully saturated rings. The monoisotopic (exact) mass is 400 g/mol. The Balaban J connectivity index is 2.72. The summed E-state index contributed by atoms with van der Waals surface area (Å²) in [5, 5.41) is 0. The summed E-state index contributed by atoms with van der Waals surface area (Å²) in [6.07, 6.45) is -2.82. The molecular formula is C16H8ClF7O2. The molecule has 140 valence electrons. The van der Waals surface area contributed by atoms with Gasteiger partial charge in [-0.15, -0.1) is 11.6 Å². The number of benzene rings is 2. The molecule has 0 saturated heterocycles. The van der Waals surface area contributed by atoms with E-state index in [0.29, 0.717) is 0 Å². The van der Waals surface area contributed by atoms with E-state index in [1.807, 2.05) is 0 Å². The highest BCUT2D eigenvalue weighted by molar-refractivity contribution is 6.17. The molecule has 0 aromatic heterocycles. The van der Waals surface area contributed by atoms with Crippen molar-refractivity contribution in [2.24, 2.45) is 0 Å². The first kappa shape index (κ1) is 19.9. The van der Waals surface area contributed by atoms with Crippen LogP contribution in [0.25, 0.3) is 5.76 Å². The lowest BCUT2D eigenvalue weighted by atomic mass is 10.1. The van der Waals surface area contributed by atoms with Crippen LogP contribution in [0.5, 0.6) is 11.5 Å². The van der Waals surface area contributed by atoms with Gasteiger partial charge in [-0.3, -0.25) is 0 Å². The van der Waals surface area contributed by atoms with Gasteiger partial charge in [-0.1, -0.05) is 12.1 Å². The normalized spacial score (nSPS) is 10.7. The van der Waals surface area contributed by atoms with Crippen molar-refractivity contribution in [2.75, 3.05) is 7.11 Å². The van der Waals surface area contributed by atoms with Crippen LogP contribution in [0.2, 0.25) is 0 Å². The van der Waals surface area contributed by atoms with Crippen LogP contribution in [-0.4, -0.2) is 7.11 Å². The number of hydrogen-bond donors (Lipinski definition) is 0. The van der Waals surface area contributed by atoms with Crippen molar-refractivity contribution >= 4 is 17.4 Å². The van der Waals surface area contributed by atoms with Gasteiger partial charge in [-0.25, -0.2) is 22.0 Å². The van der Waals surface area contributed by atoms with Crippen molar-refractivity contribution in [3.63, 3.8) is 0 Å². The number of hydrogen-bond acceptors (Lipinski definition) is 2. The Hall–Kier alpha value is -2.42. The predicted molar refractivity (Wildman–Crippen MR) is 78.5 cm³/mol. The summed E-state index contributed by atoms with van der Waals surface area (Å²) in [4.78, 5) is 0. The number of rotatable bonds is 5. The molecule has 10 heteroatoms. The van der Waals surface area contributed by atoms with E-state index in [2.05, 4.69) is 0 Å². The highest BCUT2D eigenvalue weighted by Gasteiger charge is 2.32. The van der Waals surface area contributed by atoms with E-state index < -0.39 is 52.2 Å². The quantitative estimate of drug-likeness (QED) is 0.208. The van der Waals surface area contributed by atoms with Gasteiger partial charge in [0.05, 0.1) is 13.0 Å². The van der Waals surface area contributed by atoms with Crippen molar-refractivity contribution < 1.29 is 40.2 Å². The Morgan fingerprint density at radius 1 is 0.923 bits per heavy atom. The third-order valence-electron chi connectivity index (χ3n) is 3.24. The van der Waals surface area contributed by atoms with Gasteiger partial charge in [0, 0.05) is 5.56 Å². The van der Waals surface area contributed by atoms with Crippen LogP contribution in [0.4, 0.5) is 30.7 Å². The Labute approximate surface area is 147 Å². The first-order valence-corrected chi connectivity index (χ1v) is 7.24. The summed E-state index contributed by atoms with van der Waals surface area (Å²) in [7, 11) is 1.15. The summed E-state index contributed by atoms with van der Waals surface area (Å²) in [6, 6.07) is 4.02. The first-order valence-electron chi connectivity index (χ1n) is 6.71. The molecule has 0 unspecified atom stereocenters. The Morgan fingerprint density at radius 3 is 1.92 bits per heavy atom. The molecule has 2 nitrogen and oxygen atoms in total. The van der Waals surface area contributed by atoms with E-state index in [1.54, 1.807) is 0 Å². The van der Waals surface area contributed by atoms with Crippen molar-refractivity contribution in [3.05, 3.63) is 64.5 Å². The van der Waals surface area contributed by atoms with Gasteiger partial charge in [-0.2, -0.15) is 8.78 Å². The highest BCUT2D eigenvalue weighted by atomic mass is 35.5. The van der Waals surface area contributed by atoms with Gasteiger partial charge in [0.25, 0.3) is 0 Å². The SMILES string of the molecule is COc1cccc(CCl)c1OC(=C(F)F)c1c(F)c(F)c(F)c(F)c1F. The predicted octanol–water partition coefficient (Wildman–Crippen LogP) is 5.77. The van der Waals surface area contributed by atoms with E-state index in [4.69, 9.17) is 21.1 Å². The smallest absolute Gasteiger partial charge is 0.313 e. The fourth-order valence-corrected chi connectivity index (χ4v) is 2.24. The molecule has 2 aromatic carbocycles. The fourth-order valence-electron chi connectivity index (χ4n) is 2.03. The number of methoxy groups -OCH3 is 1. The molecule has 26 heavy (non-hydrogen) atoms. The van der Waals surface area contributed by atoms with Gasteiger partial charge < -0.3 is 9.47 Å². The lowest BCUT2D eigenvalue weighted by molar-refractivity contribution is 0.345. The maximum absolute atomic E-state index is 13.9. The average molecular weight is 401 g/mol. The molecule has 2 rings (SSSR count). The molecule has 0 aliphatic rings. The van der Waals surface area contributed by atoms with Gasteiger partial charge in [0.15, 0.2) is 34.8 Å². The molecule has 0 spiro atoms. The van der Waals surface area contributed by atoms with Crippen LogP contribution in [0.1, 0.15) is 11.1 Å². The number of para-hydroxylation sites is 1. The summed E-state index contributed by atoms with van der Waals surface area (Å²) in [6.45, 7) is 0. The van der Waals surface area contributed by atoms with Crippen molar-refractivity contribution in [2.45, 2.75) is 5.88 Å². The van der Waals surface area contributed by atoms with Crippen LogP contribution in [0.15, 0.2) is 24.3 Å². The summed E-state index contributed by atoms with van der Waals surface area (Å²) in [5.41, 5.74) is -1.83. The zero-order chi connectivity index (χ0) is 19.6. The Kier molecular flexibility index (Phi) is 6.01. The van der Waals surface area contributed by atoms with Gasteiger partial charge in [0.1, 0.15) is 5.56 Å². The third-order valence-corrected chi connectivity index (χ3v) is 3.52. The molecule has 0 bridgehead atoms. The topological polar surface area (TPSA) is 18.5 Å². The van der Waals surface area contributed by atoms with Crippen molar-refractivity contribution in [1.29, 1.82) is 0 Å². The second-order valence-corrected chi connectivity index (χ2v) is 4.99. The number of alkyl halides is 1. The molecule has 0 N–H and O–H groups in total. The van der Waals surface area contributed by atoms with Gasteiger partial charge >= 0.3 is 6.08 Å². The van der Waals surface area contributed by atoms with Gasteiger partial charge in [0.2, 0.25) is 11.6 Å². The minimum atomic E-state index is -2.82. The molecule has 0 atom stereocenters. The molecule has 0 amide bonds. The second-order valence-electron chi connectivity index (χ2n) is 4.72. The molecule has 0 heterocycles. The van der Waals surface area contributed by atoms with E-state index in [9.17, 15) is 30.7 Å². The standard InChI is InChI=1S/C16H8ClF7O2/c1-25-7-4-2-3-6(5-17)14(7)26-15(16(23)24)8-9(18)11(20)13(22)12(21)10(8)19/h2-4H,5H2,1H3. The van der Waals surface area contributed by atoms with Crippen LogP contribution in [0.3, 0.4) is 0 Å². The molecule has 0 aliphatic carbocycles. The molecule has 0 radical (unpaired) electrons. The summed E-state index contributed by atoms with van der Waals surface area (Å²) < 4.78 is 104. The minimum Gasteiger partial charge on any atom is -0.493 e. The van der Waals surface area contributed by atoms with Crippen LogP contribution >= 0.6 is 11.6 Å². The largest absolute Gasteiger partial charge is 0.493 e. The van der Waals surface area contributed by atoms with E-state index in [-0.39, 0.29) is 17.2 Å².